The van der Waals surface area contributed by atoms with Gasteiger partial charge in [0.15, 0.2) is 17.3 Å². The van der Waals surface area contributed by atoms with Gasteiger partial charge in [-0.1, -0.05) is 31.2 Å². The first-order chi connectivity index (χ1) is 14.5. The van der Waals surface area contributed by atoms with Gasteiger partial charge in [0.05, 0.1) is 26.5 Å². The highest BCUT2D eigenvalue weighted by Gasteiger charge is 2.27. The Morgan fingerprint density at radius 2 is 1.93 bits per heavy atom. The molecule has 7 heteroatoms. The smallest absolute Gasteiger partial charge is 0.260 e. The number of amidine groups is 1. The lowest BCUT2D eigenvalue weighted by molar-refractivity contribution is -0.130. The lowest BCUT2D eigenvalue weighted by Crippen LogP contribution is -2.39. The van der Waals surface area contributed by atoms with Crippen molar-refractivity contribution in [2.75, 3.05) is 27.3 Å². The van der Waals surface area contributed by atoms with E-state index >= 15 is 0 Å². The molecule has 0 bridgehead atoms. The number of allylic oxidation sites excluding steroid dienone is 3. The summed E-state index contributed by atoms with van der Waals surface area (Å²) >= 11 is 0. The summed E-state index contributed by atoms with van der Waals surface area (Å²) in [6.07, 6.45) is 9.11. The largest absolute Gasteiger partial charge is 0.493 e. The van der Waals surface area contributed by atoms with Crippen molar-refractivity contribution in [3.05, 3.63) is 48.1 Å². The van der Waals surface area contributed by atoms with Crippen LogP contribution in [0.2, 0.25) is 0 Å². The van der Waals surface area contributed by atoms with Gasteiger partial charge in [0, 0.05) is 13.0 Å². The van der Waals surface area contributed by atoms with E-state index in [0.717, 1.165) is 12.0 Å². The van der Waals surface area contributed by atoms with Crippen LogP contribution in [0.15, 0.2) is 52.5 Å². The number of fused-ring (bicyclic) bond motifs is 1. The maximum Gasteiger partial charge on any atom is 0.260 e. The molecule has 1 aromatic carbocycles. The summed E-state index contributed by atoms with van der Waals surface area (Å²) in [7, 11) is 3.19. The van der Waals surface area contributed by atoms with Crippen LogP contribution in [0.1, 0.15) is 25.3 Å². The van der Waals surface area contributed by atoms with Crippen LogP contribution >= 0.6 is 0 Å². The lowest BCUT2D eigenvalue weighted by Gasteiger charge is -2.25. The summed E-state index contributed by atoms with van der Waals surface area (Å²) in [6.45, 7) is 2.67. The molecule has 1 aliphatic heterocycles. The Morgan fingerprint density at radius 3 is 2.67 bits per heavy atom. The number of hydrogen-bond acceptors (Lipinski definition) is 5. The fourth-order valence-corrected chi connectivity index (χ4v) is 3.42. The highest BCUT2D eigenvalue weighted by atomic mass is 16.5. The Balaban J connectivity index is 1.73. The summed E-state index contributed by atoms with van der Waals surface area (Å²) in [4.78, 5) is 35.4. The second-order valence-corrected chi connectivity index (χ2v) is 7.13. The van der Waals surface area contributed by atoms with E-state index in [1.54, 1.807) is 25.2 Å². The molecular formula is C23H27N3O4. The fourth-order valence-electron chi connectivity index (χ4n) is 3.42. The van der Waals surface area contributed by atoms with Gasteiger partial charge in [0.1, 0.15) is 5.92 Å². The van der Waals surface area contributed by atoms with E-state index in [2.05, 4.69) is 9.98 Å². The highest BCUT2D eigenvalue weighted by molar-refractivity contribution is 6.21. The summed E-state index contributed by atoms with van der Waals surface area (Å²) < 4.78 is 10.6. The summed E-state index contributed by atoms with van der Waals surface area (Å²) in [6, 6.07) is 5.72. The average Bonchev–Trinajstić information content (AvgIpc) is 2.76. The van der Waals surface area contributed by atoms with E-state index < -0.39 is 5.92 Å². The van der Waals surface area contributed by atoms with Crippen molar-refractivity contribution >= 4 is 23.4 Å². The Hall–Kier alpha value is -3.22. The molecule has 2 amide bonds. The van der Waals surface area contributed by atoms with Gasteiger partial charge in [-0.3, -0.25) is 9.59 Å². The van der Waals surface area contributed by atoms with Crippen molar-refractivity contribution in [2.24, 2.45) is 15.9 Å². The Kier molecular flexibility index (Phi) is 7.17. The maximum absolute atomic E-state index is 12.7. The minimum Gasteiger partial charge on any atom is -0.493 e. The summed E-state index contributed by atoms with van der Waals surface area (Å²) in [5, 5.41) is 0. The molecule has 1 unspecified atom stereocenters. The van der Waals surface area contributed by atoms with Crippen LogP contribution in [-0.4, -0.2) is 55.6 Å². The summed E-state index contributed by atoms with van der Waals surface area (Å²) in [5.74, 6) is 1.06. The highest BCUT2D eigenvalue weighted by Crippen LogP contribution is 2.27. The fraction of sp³-hybridized carbons (Fsp3) is 0.391. The van der Waals surface area contributed by atoms with Crippen molar-refractivity contribution in [1.82, 2.24) is 4.90 Å². The molecule has 1 aliphatic carbocycles. The van der Waals surface area contributed by atoms with Gasteiger partial charge in [0.25, 0.3) is 5.91 Å². The number of carbonyl (C=O) groups excluding carboxylic acids is 2. The average molecular weight is 409 g/mol. The zero-order chi connectivity index (χ0) is 21.5. The van der Waals surface area contributed by atoms with Gasteiger partial charge in [-0.2, -0.15) is 4.99 Å². The van der Waals surface area contributed by atoms with E-state index in [-0.39, 0.29) is 18.4 Å². The first-order valence-electron chi connectivity index (χ1n) is 10.1. The molecule has 1 aromatic rings. The Labute approximate surface area is 176 Å². The van der Waals surface area contributed by atoms with Crippen LogP contribution in [0.4, 0.5) is 0 Å². The van der Waals surface area contributed by atoms with Crippen LogP contribution in [0.25, 0.3) is 0 Å². The molecule has 0 N–H and O–H groups in total. The van der Waals surface area contributed by atoms with Crippen molar-refractivity contribution in [1.29, 1.82) is 0 Å². The van der Waals surface area contributed by atoms with Crippen LogP contribution in [0, 0.1) is 5.92 Å². The molecule has 0 fully saturated rings. The predicted octanol–water partition coefficient (Wildman–Crippen LogP) is 3.00. The normalized spacial score (nSPS) is 17.2. The molecule has 0 saturated heterocycles. The molecule has 3 rings (SSSR count). The third kappa shape index (κ3) is 5.03. The molecular weight excluding hydrogens is 382 g/mol. The van der Waals surface area contributed by atoms with Gasteiger partial charge >= 0.3 is 0 Å². The second-order valence-electron chi connectivity index (χ2n) is 7.13. The number of amides is 2. The van der Waals surface area contributed by atoms with Gasteiger partial charge in [-0.25, -0.2) is 4.99 Å². The number of ether oxygens (including phenoxy) is 2. The number of benzene rings is 1. The van der Waals surface area contributed by atoms with Crippen LogP contribution < -0.4 is 9.47 Å². The first-order valence-corrected chi connectivity index (χ1v) is 10.1. The lowest BCUT2D eigenvalue weighted by atomic mass is 9.96. The molecule has 158 valence electrons. The maximum atomic E-state index is 12.7. The third-order valence-corrected chi connectivity index (χ3v) is 5.03. The molecule has 0 saturated carbocycles. The van der Waals surface area contributed by atoms with Crippen molar-refractivity contribution in [3.8, 4) is 11.5 Å². The molecule has 0 radical (unpaired) electrons. The van der Waals surface area contributed by atoms with Crippen molar-refractivity contribution in [2.45, 2.75) is 26.2 Å². The standard InChI is InChI=1S/C23H27N3O4/c1-4-7-22(27)26(13-12-16-10-11-19(29-2)20(14-16)30-3)15-21-24-18-9-6-5-8-17(18)23(28)25-21/h5-6,8-11,14,17H,4,7,12-13,15H2,1-3H3. The number of carbonyl (C=O) groups is 2. The molecule has 30 heavy (non-hydrogen) atoms. The van der Waals surface area contributed by atoms with E-state index in [1.807, 2.05) is 43.4 Å². The zero-order valence-electron chi connectivity index (χ0n) is 17.6. The first kappa shape index (κ1) is 21.5. The zero-order valence-corrected chi connectivity index (χ0v) is 17.6. The Morgan fingerprint density at radius 1 is 1.13 bits per heavy atom. The van der Waals surface area contributed by atoms with Gasteiger partial charge in [-0.05, 0) is 36.6 Å². The second kappa shape index (κ2) is 10.0. The number of hydrogen-bond donors (Lipinski definition) is 0. The number of nitrogens with zero attached hydrogens (tertiary/aromatic N) is 3. The van der Waals surface area contributed by atoms with E-state index in [9.17, 15) is 9.59 Å². The molecule has 1 heterocycles. The quantitative estimate of drug-likeness (QED) is 0.628. The van der Waals surface area contributed by atoms with E-state index in [0.29, 0.717) is 42.4 Å². The van der Waals surface area contributed by atoms with E-state index in [4.69, 9.17) is 9.47 Å². The van der Waals surface area contributed by atoms with Crippen molar-refractivity contribution < 1.29 is 19.1 Å². The Bertz CT molecular complexity index is 930. The number of aliphatic imine (C=N–C) groups is 2. The number of methoxy groups -OCH3 is 2. The molecule has 0 aromatic heterocycles. The van der Waals surface area contributed by atoms with Crippen LogP contribution in [0.5, 0.6) is 11.5 Å². The van der Waals surface area contributed by atoms with Gasteiger partial charge in [-0.15, -0.1) is 0 Å². The monoisotopic (exact) mass is 409 g/mol. The predicted molar refractivity (Wildman–Crippen MR) is 116 cm³/mol. The van der Waals surface area contributed by atoms with Crippen molar-refractivity contribution in [3.63, 3.8) is 0 Å². The van der Waals surface area contributed by atoms with Gasteiger partial charge < -0.3 is 14.4 Å². The molecule has 7 nitrogen and oxygen atoms in total. The van der Waals surface area contributed by atoms with Crippen LogP contribution in [-0.2, 0) is 16.0 Å². The van der Waals surface area contributed by atoms with Crippen LogP contribution in [0.3, 0.4) is 0 Å². The third-order valence-electron chi connectivity index (χ3n) is 5.03. The molecule has 2 aliphatic rings. The topological polar surface area (TPSA) is 80.6 Å². The minimum absolute atomic E-state index is 0.0227. The number of rotatable bonds is 9. The molecule has 1 atom stereocenters. The minimum atomic E-state index is -0.412. The van der Waals surface area contributed by atoms with E-state index in [1.165, 1.54) is 0 Å². The summed E-state index contributed by atoms with van der Waals surface area (Å²) in [5.41, 5.74) is 1.70. The molecule has 0 spiro atoms. The SMILES string of the molecule is CCCC(=O)N(CCc1ccc(OC)c(OC)c1)CC1=NC(=O)C2C=CC=CC2=N1. The van der Waals surface area contributed by atoms with Gasteiger partial charge in [0.2, 0.25) is 5.91 Å².